The van der Waals surface area contributed by atoms with Gasteiger partial charge >= 0.3 is 11.9 Å². The van der Waals surface area contributed by atoms with Crippen LogP contribution in [0.2, 0.25) is 0 Å². The average molecular weight is 293 g/mol. The quantitative estimate of drug-likeness (QED) is 0.253. The molecule has 7 heteroatoms. The number of esters is 2. The van der Waals surface area contributed by atoms with E-state index in [0.717, 1.165) is 6.42 Å². The first-order valence-electron chi connectivity index (χ1n) is 6.50. The first-order valence-corrected chi connectivity index (χ1v) is 6.50. The predicted molar refractivity (Wildman–Crippen MR) is 77.9 cm³/mol. The first kappa shape index (κ1) is 16.5. The Morgan fingerprint density at radius 3 is 2.67 bits per heavy atom. The third-order valence-electron chi connectivity index (χ3n) is 2.41. The van der Waals surface area contributed by atoms with Crippen LogP contribution in [0.1, 0.15) is 30.1 Å². The smallest absolute Gasteiger partial charge is 0.338 e. The van der Waals surface area contributed by atoms with Crippen molar-refractivity contribution in [3.63, 3.8) is 0 Å². The largest absolute Gasteiger partial charge is 0.462 e. The van der Waals surface area contributed by atoms with Crippen LogP contribution in [0.25, 0.3) is 0 Å². The Morgan fingerprint density at radius 2 is 2.00 bits per heavy atom. The molecule has 0 saturated carbocycles. The number of carbonyl (C=O) groups is 2. The summed E-state index contributed by atoms with van der Waals surface area (Å²) in [7, 11) is 0. The highest BCUT2D eigenvalue weighted by molar-refractivity contribution is 5.90. The lowest BCUT2D eigenvalue weighted by Crippen LogP contribution is -2.23. The number of ether oxygens (including phenoxy) is 2. The zero-order chi connectivity index (χ0) is 15.7. The third-order valence-corrected chi connectivity index (χ3v) is 2.41. The van der Waals surface area contributed by atoms with E-state index in [1.165, 1.54) is 13.0 Å². The Labute approximate surface area is 122 Å². The summed E-state index contributed by atoms with van der Waals surface area (Å²) in [5.41, 5.74) is 10.7. The van der Waals surface area contributed by atoms with Gasteiger partial charge in [-0.3, -0.25) is 9.79 Å². The van der Waals surface area contributed by atoms with Gasteiger partial charge < -0.3 is 20.9 Å². The SMILES string of the molecule is CC(=O)Oc1cccc(C(=O)OCCCCN=C(N)N)c1. The molecule has 0 aliphatic heterocycles. The Kier molecular flexibility index (Phi) is 6.73. The summed E-state index contributed by atoms with van der Waals surface area (Å²) in [6.07, 6.45) is 1.38. The highest BCUT2D eigenvalue weighted by Crippen LogP contribution is 2.14. The topological polar surface area (TPSA) is 117 Å². The van der Waals surface area contributed by atoms with Crippen molar-refractivity contribution in [1.29, 1.82) is 0 Å². The molecule has 0 unspecified atom stereocenters. The second-order valence-electron chi connectivity index (χ2n) is 4.27. The molecule has 0 saturated heterocycles. The van der Waals surface area contributed by atoms with E-state index in [1.54, 1.807) is 18.2 Å². The predicted octanol–water partition coefficient (Wildman–Crippen LogP) is 0.822. The second kappa shape index (κ2) is 8.57. The molecule has 0 atom stereocenters. The van der Waals surface area contributed by atoms with Crippen molar-refractivity contribution in [2.75, 3.05) is 13.2 Å². The maximum atomic E-state index is 11.8. The molecular formula is C14H19N3O4. The molecule has 7 nitrogen and oxygen atoms in total. The van der Waals surface area contributed by atoms with Gasteiger partial charge in [0, 0.05) is 13.5 Å². The molecular weight excluding hydrogens is 274 g/mol. The van der Waals surface area contributed by atoms with Gasteiger partial charge in [0.25, 0.3) is 0 Å². The van der Waals surface area contributed by atoms with E-state index in [0.29, 0.717) is 24.3 Å². The van der Waals surface area contributed by atoms with E-state index in [9.17, 15) is 9.59 Å². The number of rotatable bonds is 7. The van der Waals surface area contributed by atoms with Crippen molar-refractivity contribution in [3.8, 4) is 5.75 Å². The van der Waals surface area contributed by atoms with Gasteiger partial charge in [-0.1, -0.05) is 6.07 Å². The van der Waals surface area contributed by atoms with Crippen molar-refractivity contribution < 1.29 is 19.1 Å². The number of hydrogen-bond acceptors (Lipinski definition) is 5. The van der Waals surface area contributed by atoms with Crippen molar-refractivity contribution in [2.45, 2.75) is 19.8 Å². The molecule has 21 heavy (non-hydrogen) atoms. The van der Waals surface area contributed by atoms with Gasteiger partial charge in [0.1, 0.15) is 5.75 Å². The Morgan fingerprint density at radius 1 is 1.24 bits per heavy atom. The van der Waals surface area contributed by atoms with Gasteiger partial charge in [-0.15, -0.1) is 0 Å². The van der Waals surface area contributed by atoms with Crippen LogP contribution in [0.5, 0.6) is 5.75 Å². The number of benzene rings is 1. The lowest BCUT2D eigenvalue weighted by atomic mass is 10.2. The second-order valence-corrected chi connectivity index (χ2v) is 4.27. The number of nitrogens with two attached hydrogens (primary N) is 2. The van der Waals surface area contributed by atoms with E-state index in [2.05, 4.69) is 4.99 Å². The van der Waals surface area contributed by atoms with E-state index in [-0.39, 0.29) is 12.6 Å². The summed E-state index contributed by atoms with van der Waals surface area (Å²) in [6.45, 7) is 2.07. The van der Waals surface area contributed by atoms with Crippen molar-refractivity contribution >= 4 is 17.9 Å². The summed E-state index contributed by atoms with van der Waals surface area (Å²) in [4.78, 5) is 26.5. The van der Waals surface area contributed by atoms with Crippen molar-refractivity contribution in [1.82, 2.24) is 0 Å². The van der Waals surface area contributed by atoms with Crippen molar-refractivity contribution in [3.05, 3.63) is 29.8 Å². The lowest BCUT2D eigenvalue weighted by molar-refractivity contribution is -0.131. The highest BCUT2D eigenvalue weighted by Gasteiger charge is 2.08. The number of hydrogen-bond donors (Lipinski definition) is 2. The monoisotopic (exact) mass is 293 g/mol. The summed E-state index contributed by atoms with van der Waals surface area (Å²) < 4.78 is 10.0. The minimum atomic E-state index is -0.467. The molecule has 0 aromatic heterocycles. The molecule has 1 rings (SSSR count). The van der Waals surface area contributed by atoms with Gasteiger partial charge in [-0.25, -0.2) is 4.79 Å². The molecule has 0 heterocycles. The van der Waals surface area contributed by atoms with E-state index >= 15 is 0 Å². The van der Waals surface area contributed by atoms with Gasteiger partial charge in [-0.2, -0.15) is 0 Å². The summed E-state index contributed by atoms with van der Waals surface area (Å²) in [5, 5.41) is 0. The highest BCUT2D eigenvalue weighted by atomic mass is 16.5. The van der Waals surface area contributed by atoms with Crippen LogP contribution in [0.15, 0.2) is 29.3 Å². The van der Waals surface area contributed by atoms with Crippen LogP contribution in [0.4, 0.5) is 0 Å². The third kappa shape index (κ3) is 6.95. The fourth-order valence-corrected chi connectivity index (χ4v) is 1.52. The minimum absolute atomic E-state index is 0.0503. The Bertz CT molecular complexity index is 525. The molecule has 0 fully saturated rings. The molecule has 4 N–H and O–H groups in total. The van der Waals surface area contributed by atoms with E-state index in [4.69, 9.17) is 20.9 Å². The number of nitrogens with zero attached hydrogens (tertiary/aromatic N) is 1. The summed E-state index contributed by atoms with van der Waals surface area (Å²) >= 11 is 0. The molecule has 0 radical (unpaired) electrons. The van der Waals surface area contributed by atoms with E-state index < -0.39 is 11.9 Å². The summed E-state index contributed by atoms with van der Waals surface area (Å²) in [5.74, 6) is -0.551. The van der Waals surface area contributed by atoms with Crippen LogP contribution < -0.4 is 16.2 Å². The van der Waals surface area contributed by atoms with Crippen LogP contribution in [0.3, 0.4) is 0 Å². The zero-order valence-electron chi connectivity index (χ0n) is 11.9. The van der Waals surface area contributed by atoms with Crippen LogP contribution in [-0.2, 0) is 9.53 Å². The number of aliphatic imine (C=N–C) groups is 1. The molecule has 1 aromatic rings. The molecule has 0 amide bonds. The molecule has 0 bridgehead atoms. The zero-order valence-corrected chi connectivity index (χ0v) is 11.9. The molecule has 0 spiro atoms. The number of guanidine groups is 1. The standard InChI is InChI=1S/C14H19N3O4/c1-10(18)21-12-6-4-5-11(9-12)13(19)20-8-3-2-7-17-14(15)16/h4-6,9H,2-3,7-8H2,1H3,(H4,15,16,17). The normalized spacial score (nSPS) is 9.76. The fraction of sp³-hybridized carbons (Fsp3) is 0.357. The lowest BCUT2D eigenvalue weighted by Gasteiger charge is -2.06. The minimum Gasteiger partial charge on any atom is -0.462 e. The first-order chi connectivity index (χ1) is 9.99. The van der Waals surface area contributed by atoms with Crippen LogP contribution in [0, 0.1) is 0 Å². The molecule has 1 aromatic carbocycles. The maximum Gasteiger partial charge on any atom is 0.338 e. The Hall–Kier alpha value is -2.57. The molecule has 0 aliphatic carbocycles. The van der Waals surface area contributed by atoms with Gasteiger partial charge in [0.05, 0.1) is 12.2 Å². The van der Waals surface area contributed by atoms with Crippen LogP contribution in [-0.4, -0.2) is 31.0 Å². The van der Waals surface area contributed by atoms with Gasteiger partial charge in [0.2, 0.25) is 0 Å². The van der Waals surface area contributed by atoms with Gasteiger partial charge in [0.15, 0.2) is 5.96 Å². The molecule has 0 aliphatic rings. The van der Waals surface area contributed by atoms with Gasteiger partial charge in [-0.05, 0) is 31.0 Å². The molecule has 114 valence electrons. The Balaban J connectivity index is 2.38. The summed E-state index contributed by atoms with van der Waals surface area (Å²) in [6, 6.07) is 6.26. The fourth-order valence-electron chi connectivity index (χ4n) is 1.52. The number of unbranched alkanes of at least 4 members (excludes halogenated alkanes) is 1. The average Bonchev–Trinajstić information content (AvgIpc) is 2.41. The maximum absolute atomic E-state index is 11.8. The van der Waals surface area contributed by atoms with E-state index in [1.807, 2.05) is 0 Å². The number of carbonyl (C=O) groups excluding carboxylic acids is 2. The van der Waals surface area contributed by atoms with Crippen LogP contribution >= 0.6 is 0 Å². The van der Waals surface area contributed by atoms with Crippen molar-refractivity contribution in [2.24, 2.45) is 16.5 Å².